The quantitative estimate of drug-likeness (QED) is 0.240. The molecule has 1 fully saturated rings. The van der Waals surface area contributed by atoms with Gasteiger partial charge in [-0.25, -0.2) is 0 Å². The molecular weight excluding hydrogens is 552 g/mol. The molecule has 0 aromatic heterocycles. The first-order valence-corrected chi connectivity index (χ1v) is 15.4. The van der Waals surface area contributed by atoms with Crippen molar-refractivity contribution >= 4 is 0 Å². The molecule has 0 amide bonds. The summed E-state index contributed by atoms with van der Waals surface area (Å²) in [5.74, 6) is 1.64. The van der Waals surface area contributed by atoms with E-state index in [1.54, 1.807) is 14.2 Å². The van der Waals surface area contributed by atoms with Gasteiger partial charge in [-0.15, -0.1) is 0 Å². The van der Waals surface area contributed by atoms with Crippen LogP contribution in [0, 0.1) is 5.92 Å². The molecule has 6 rings (SSSR count). The maximum absolute atomic E-state index is 9.59. The minimum Gasteiger partial charge on any atom is -0.493 e. The fourth-order valence-corrected chi connectivity index (χ4v) is 6.39. The second kappa shape index (κ2) is 13.5. The van der Waals surface area contributed by atoms with Crippen LogP contribution in [0.4, 0.5) is 0 Å². The second-order valence-electron chi connectivity index (χ2n) is 11.8. The number of aliphatic hydroxyl groups excluding tert-OH is 1. The van der Waals surface area contributed by atoms with Crippen LogP contribution in [-0.2, 0) is 35.6 Å². The SMILES string of the molecule is COc1cc2c(cc1OC)CN(C[C@H]1O[C@@H](c3ccc(-c4cccc(CN)c4)cc3)O[C@@H](c3ccc(CO)cc3)[C@H]1C)CC2. The van der Waals surface area contributed by atoms with Gasteiger partial charge in [0.05, 0.1) is 33.0 Å². The fourth-order valence-electron chi connectivity index (χ4n) is 6.39. The van der Waals surface area contributed by atoms with Gasteiger partial charge in [-0.1, -0.05) is 73.7 Å². The first kappa shape index (κ1) is 30.3. The monoisotopic (exact) mass is 594 g/mol. The van der Waals surface area contributed by atoms with Crippen LogP contribution >= 0.6 is 0 Å². The molecule has 0 spiro atoms. The van der Waals surface area contributed by atoms with E-state index in [1.165, 1.54) is 11.1 Å². The highest BCUT2D eigenvalue weighted by molar-refractivity contribution is 5.64. The Morgan fingerprint density at radius 3 is 2.20 bits per heavy atom. The number of hydrogen-bond acceptors (Lipinski definition) is 7. The van der Waals surface area contributed by atoms with Crippen LogP contribution in [0.3, 0.4) is 0 Å². The predicted octanol–water partition coefficient (Wildman–Crippen LogP) is 6.17. The zero-order valence-corrected chi connectivity index (χ0v) is 25.7. The van der Waals surface area contributed by atoms with E-state index in [2.05, 4.69) is 72.5 Å². The minimum absolute atomic E-state index is 0.0172. The summed E-state index contributed by atoms with van der Waals surface area (Å²) in [5, 5.41) is 9.59. The van der Waals surface area contributed by atoms with E-state index in [9.17, 15) is 5.11 Å². The lowest BCUT2D eigenvalue weighted by Gasteiger charge is -2.43. The van der Waals surface area contributed by atoms with E-state index in [-0.39, 0.29) is 24.7 Å². The molecule has 0 saturated carbocycles. The number of rotatable bonds is 9. The Bertz CT molecular complexity index is 1560. The Hall–Kier alpha value is -3.72. The highest BCUT2D eigenvalue weighted by atomic mass is 16.7. The molecule has 2 aliphatic rings. The molecule has 230 valence electrons. The lowest BCUT2D eigenvalue weighted by molar-refractivity contribution is -0.276. The summed E-state index contributed by atoms with van der Waals surface area (Å²) in [6.45, 7) is 5.28. The molecule has 3 N–H and O–H groups in total. The molecule has 2 heterocycles. The number of methoxy groups -OCH3 is 2. The van der Waals surface area contributed by atoms with Crippen molar-refractivity contribution in [2.24, 2.45) is 11.7 Å². The number of aliphatic hydroxyl groups is 1. The molecule has 0 radical (unpaired) electrons. The van der Waals surface area contributed by atoms with Gasteiger partial charge in [0.15, 0.2) is 17.8 Å². The average Bonchev–Trinajstić information content (AvgIpc) is 3.08. The van der Waals surface area contributed by atoms with Gasteiger partial charge in [-0.2, -0.15) is 0 Å². The average molecular weight is 595 g/mol. The molecule has 1 saturated heterocycles. The molecule has 4 aromatic carbocycles. The Morgan fingerprint density at radius 2 is 1.52 bits per heavy atom. The van der Waals surface area contributed by atoms with Crippen molar-refractivity contribution in [1.82, 2.24) is 4.90 Å². The van der Waals surface area contributed by atoms with Crippen molar-refractivity contribution in [3.8, 4) is 22.6 Å². The Balaban J connectivity index is 1.25. The van der Waals surface area contributed by atoms with Gasteiger partial charge in [0.25, 0.3) is 0 Å². The van der Waals surface area contributed by atoms with Crippen molar-refractivity contribution in [2.75, 3.05) is 27.3 Å². The number of hydrogen-bond donors (Lipinski definition) is 2. The molecule has 0 unspecified atom stereocenters. The topological polar surface area (TPSA) is 86.4 Å². The second-order valence-corrected chi connectivity index (χ2v) is 11.8. The summed E-state index contributed by atoms with van der Waals surface area (Å²) < 4.78 is 24.6. The molecule has 2 aliphatic heterocycles. The third kappa shape index (κ3) is 6.39. The first-order valence-electron chi connectivity index (χ1n) is 15.4. The van der Waals surface area contributed by atoms with E-state index in [4.69, 9.17) is 24.7 Å². The van der Waals surface area contributed by atoms with Gasteiger partial charge in [-0.3, -0.25) is 4.90 Å². The summed E-state index contributed by atoms with van der Waals surface area (Å²) in [6.07, 6.45) is 0.215. The maximum Gasteiger partial charge on any atom is 0.184 e. The fraction of sp³-hybridized carbons (Fsp3) is 0.351. The molecule has 7 heteroatoms. The normalized spacial score (nSPS) is 21.9. The molecule has 4 aromatic rings. The molecular formula is C37H42N2O5. The summed E-state index contributed by atoms with van der Waals surface area (Å²) in [7, 11) is 3.36. The predicted molar refractivity (Wildman–Crippen MR) is 171 cm³/mol. The first-order chi connectivity index (χ1) is 21.5. The smallest absolute Gasteiger partial charge is 0.184 e. The summed E-state index contributed by atoms with van der Waals surface area (Å²) in [5.41, 5.74) is 14.8. The number of nitrogens with two attached hydrogens (primary N) is 1. The van der Waals surface area contributed by atoms with Gasteiger partial charge >= 0.3 is 0 Å². The van der Waals surface area contributed by atoms with Crippen molar-refractivity contribution in [1.29, 1.82) is 0 Å². The van der Waals surface area contributed by atoms with Crippen molar-refractivity contribution in [3.63, 3.8) is 0 Å². The zero-order chi connectivity index (χ0) is 30.6. The number of benzene rings is 4. The van der Waals surface area contributed by atoms with Gasteiger partial charge < -0.3 is 29.8 Å². The van der Waals surface area contributed by atoms with Crippen LogP contribution in [0.25, 0.3) is 11.1 Å². The molecule has 44 heavy (non-hydrogen) atoms. The van der Waals surface area contributed by atoms with Crippen LogP contribution in [0.1, 0.15) is 52.7 Å². The molecule has 0 aliphatic carbocycles. The number of fused-ring (bicyclic) bond motifs is 1. The van der Waals surface area contributed by atoms with Crippen molar-refractivity contribution < 1.29 is 24.1 Å². The number of ether oxygens (including phenoxy) is 4. The summed E-state index contributed by atoms with van der Waals surface area (Å²) >= 11 is 0. The molecule has 4 atom stereocenters. The van der Waals surface area contributed by atoms with Crippen LogP contribution in [-0.4, -0.2) is 43.4 Å². The van der Waals surface area contributed by atoms with Crippen LogP contribution in [0.5, 0.6) is 11.5 Å². The molecule has 7 nitrogen and oxygen atoms in total. The summed E-state index contributed by atoms with van der Waals surface area (Å²) in [6, 6.07) is 29.1. The van der Waals surface area contributed by atoms with Crippen molar-refractivity contribution in [3.05, 3.63) is 118 Å². The molecule has 0 bridgehead atoms. The maximum atomic E-state index is 9.59. The Labute approximate surface area is 260 Å². The van der Waals surface area contributed by atoms with E-state index in [1.807, 2.05) is 24.3 Å². The Kier molecular flexibility index (Phi) is 9.31. The highest BCUT2D eigenvalue weighted by Crippen LogP contribution is 2.43. The van der Waals surface area contributed by atoms with Crippen LogP contribution in [0.2, 0.25) is 0 Å². The standard InChI is InChI=1S/C37H42N2O5/c1-24-35(22-39-16-15-31-18-33(41-2)34(42-3)19-32(31)21-39)43-37(44-36(24)28-9-7-25(23-40)8-10-28)29-13-11-27(12-14-29)30-6-4-5-26(17-30)20-38/h4-14,17-19,24,35-37,40H,15-16,20-23,38H2,1-3H3/t24-,35+,36+,37+/m0/s1. The Morgan fingerprint density at radius 1 is 0.818 bits per heavy atom. The third-order valence-corrected chi connectivity index (χ3v) is 9.04. The zero-order valence-electron chi connectivity index (χ0n) is 25.7. The van der Waals surface area contributed by atoms with Gasteiger partial charge in [0.1, 0.15) is 0 Å². The number of nitrogens with zero attached hydrogens (tertiary/aromatic N) is 1. The lowest BCUT2D eigenvalue weighted by atomic mass is 9.89. The van der Waals surface area contributed by atoms with Gasteiger partial charge in [0, 0.05) is 37.7 Å². The van der Waals surface area contributed by atoms with Crippen molar-refractivity contribution in [2.45, 2.75) is 51.5 Å². The lowest BCUT2D eigenvalue weighted by Crippen LogP contribution is -2.45. The van der Waals surface area contributed by atoms with Crippen LogP contribution in [0.15, 0.2) is 84.9 Å². The van der Waals surface area contributed by atoms with Gasteiger partial charge in [0.2, 0.25) is 0 Å². The van der Waals surface area contributed by atoms with Crippen LogP contribution < -0.4 is 15.2 Å². The van der Waals surface area contributed by atoms with E-state index < -0.39 is 6.29 Å². The highest BCUT2D eigenvalue weighted by Gasteiger charge is 2.39. The largest absolute Gasteiger partial charge is 0.493 e. The van der Waals surface area contributed by atoms with Gasteiger partial charge in [-0.05, 0) is 63.6 Å². The third-order valence-electron chi connectivity index (χ3n) is 9.04. The van der Waals surface area contributed by atoms with E-state index in [0.29, 0.717) is 6.54 Å². The minimum atomic E-state index is -0.510. The van der Waals surface area contributed by atoms with E-state index >= 15 is 0 Å². The van der Waals surface area contributed by atoms with E-state index in [0.717, 1.165) is 70.9 Å². The summed E-state index contributed by atoms with van der Waals surface area (Å²) in [4.78, 5) is 2.47.